The van der Waals surface area contributed by atoms with Crippen molar-refractivity contribution in [3.05, 3.63) is 52.6 Å². The van der Waals surface area contributed by atoms with Gasteiger partial charge in [0.25, 0.3) is 0 Å². The Balaban J connectivity index is 1.55. The summed E-state index contributed by atoms with van der Waals surface area (Å²) < 4.78 is 41.8. The monoisotopic (exact) mass is 446 g/mol. The molecule has 0 spiro atoms. The molecule has 1 aliphatic carbocycles. The Kier molecular flexibility index (Phi) is 5.42. The number of rotatable bonds is 4. The molecule has 0 unspecified atom stereocenters. The van der Waals surface area contributed by atoms with Crippen LogP contribution in [0.15, 0.2) is 30.3 Å². The van der Waals surface area contributed by atoms with E-state index in [2.05, 4.69) is 27.1 Å². The number of amides is 1. The van der Waals surface area contributed by atoms with E-state index in [1.807, 2.05) is 34.6 Å². The first kappa shape index (κ1) is 22.5. The zero-order valence-corrected chi connectivity index (χ0v) is 19.1. The number of hydrogen-bond acceptors (Lipinski definition) is 3. The highest BCUT2D eigenvalue weighted by Gasteiger charge is 2.43. The third kappa shape index (κ3) is 4.57. The maximum atomic E-state index is 12.6. The molecule has 2 aliphatic rings. The van der Waals surface area contributed by atoms with Crippen LogP contribution in [0.3, 0.4) is 0 Å². The quantitative estimate of drug-likeness (QED) is 0.573. The van der Waals surface area contributed by atoms with Gasteiger partial charge >= 0.3 is 6.36 Å². The molecule has 1 amide bonds. The van der Waals surface area contributed by atoms with Crippen LogP contribution in [0.2, 0.25) is 0 Å². The van der Waals surface area contributed by atoms with E-state index >= 15 is 0 Å². The molecular weight excluding hydrogens is 417 g/mol. The maximum absolute atomic E-state index is 12.6. The molecule has 2 atom stereocenters. The molecule has 4 nitrogen and oxygen atoms in total. The summed E-state index contributed by atoms with van der Waals surface area (Å²) in [6.07, 6.45) is -3.36. The molecule has 0 radical (unpaired) electrons. The van der Waals surface area contributed by atoms with Crippen LogP contribution in [0, 0.1) is 19.3 Å². The number of nitrogens with zero attached hydrogens (tertiary/aromatic N) is 1. The van der Waals surface area contributed by atoms with E-state index in [9.17, 15) is 18.0 Å². The van der Waals surface area contributed by atoms with E-state index in [1.165, 1.54) is 12.1 Å². The van der Waals surface area contributed by atoms with Crippen molar-refractivity contribution >= 4 is 17.3 Å². The van der Waals surface area contributed by atoms with Crippen LogP contribution < -0.4 is 15.0 Å². The lowest BCUT2D eigenvalue weighted by Crippen LogP contribution is -2.27. The Bertz CT molecular complexity index is 1030. The summed E-state index contributed by atoms with van der Waals surface area (Å²) >= 11 is 0. The fourth-order valence-corrected chi connectivity index (χ4v) is 5.02. The second-order valence-corrected chi connectivity index (χ2v) is 10.2. The molecule has 1 saturated heterocycles. The summed E-state index contributed by atoms with van der Waals surface area (Å²) in [5.41, 5.74) is 5.85. The van der Waals surface area contributed by atoms with Crippen LogP contribution in [-0.2, 0) is 4.79 Å². The number of alkyl halides is 3. The molecule has 1 fully saturated rings. The minimum absolute atomic E-state index is 0.00230. The van der Waals surface area contributed by atoms with Crippen LogP contribution in [-0.4, -0.2) is 18.8 Å². The van der Waals surface area contributed by atoms with Gasteiger partial charge in [-0.1, -0.05) is 26.8 Å². The van der Waals surface area contributed by atoms with Crippen LogP contribution >= 0.6 is 0 Å². The molecular formula is C25H29F3N2O2. The molecule has 2 aromatic carbocycles. The van der Waals surface area contributed by atoms with Crippen LogP contribution in [0.4, 0.5) is 24.5 Å². The predicted molar refractivity (Wildman–Crippen MR) is 119 cm³/mol. The van der Waals surface area contributed by atoms with Crippen molar-refractivity contribution in [2.45, 2.75) is 65.8 Å². The van der Waals surface area contributed by atoms with E-state index in [0.717, 1.165) is 46.6 Å². The summed E-state index contributed by atoms with van der Waals surface area (Å²) in [6, 6.07) is 9.00. The molecule has 4 rings (SSSR count). The first-order chi connectivity index (χ1) is 14.8. The topological polar surface area (TPSA) is 41.6 Å². The molecule has 0 aromatic heterocycles. The fourth-order valence-electron chi connectivity index (χ4n) is 5.02. The third-order valence-electron chi connectivity index (χ3n) is 6.20. The van der Waals surface area contributed by atoms with E-state index in [-0.39, 0.29) is 29.0 Å². The van der Waals surface area contributed by atoms with Gasteiger partial charge in [-0.15, -0.1) is 13.2 Å². The molecule has 172 valence electrons. The predicted octanol–water partition coefficient (Wildman–Crippen LogP) is 6.63. The number of fused-ring (bicyclic) bond motifs is 5. The number of carbonyl (C=O) groups excluding carboxylic acids is 1. The van der Waals surface area contributed by atoms with Gasteiger partial charge in [0.15, 0.2) is 0 Å². The zero-order chi connectivity index (χ0) is 23.4. The number of benzene rings is 2. The number of nitrogens with one attached hydrogen (secondary N) is 1. The normalized spacial score (nSPS) is 19.8. The SMILES string of the molecule is Cc1cc(N2C[C@@H]3C[C@H]2c2ccc(OC(F)(F)F)cc23)cc(C)c1NC(=O)CC(C)(C)C. The minimum atomic E-state index is -4.68. The largest absolute Gasteiger partial charge is 0.573 e. The van der Waals surface area contributed by atoms with Crippen molar-refractivity contribution in [1.82, 2.24) is 0 Å². The lowest BCUT2D eigenvalue weighted by atomic mass is 9.92. The second-order valence-electron chi connectivity index (χ2n) is 10.2. The van der Waals surface area contributed by atoms with Crippen LogP contribution in [0.1, 0.15) is 67.8 Å². The molecule has 1 N–H and O–H groups in total. The summed E-state index contributed by atoms with van der Waals surface area (Å²) in [7, 11) is 0. The Morgan fingerprint density at radius 1 is 1.09 bits per heavy atom. The van der Waals surface area contributed by atoms with Crippen LogP contribution in [0.25, 0.3) is 0 Å². The highest BCUT2D eigenvalue weighted by Crippen LogP contribution is 2.53. The van der Waals surface area contributed by atoms with Gasteiger partial charge in [0.2, 0.25) is 5.91 Å². The first-order valence-corrected chi connectivity index (χ1v) is 10.9. The molecule has 2 aromatic rings. The van der Waals surface area contributed by atoms with Crippen molar-refractivity contribution in [1.29, 1.82) is 0 Å². The smallest absolute Gasteiger partial charge is 0.406 e. The minimum Gasteiger partial charge on any atom is -0.406 e. The number of carbonyl (C=O) groups is 1. The van der Waals surface area contributed by atoms with Gasteiger partial charge in [0.05, 0.1) is 6.04 Å². The van der Waals surface area contributed by atoms with E-state index in [4.69, 9.17) is 0 Å². The summed E-state index contributed by atoms with van der Waals surface area (Å²) in [6.45, 7) is 10.8. The zero-order valence-electron chi connectivity index (χ0n) is 19.1. The molecule has 1 aliphatic heterocycles. The van der Waals surface area contributed by atoms with Gasteiger partial charge in [-0.25, -0.2) is 0 Å². The lowest BCUT2D eigenvalue weighted by Gasteiger charge is -2.32. The van der Waals surface area contributed by atoms with Crippen molar-refractivity contribution in [3.63, 3.8) is 0 Å². The summed E-state index contributed by atoms with van der Waals surface area (Å²) in [4.78, 5) is 14.7. The van der Waals surface area contributed by atoms with Crippen LogP contribution in [0.5, 0.6) is 5.75 Å². The number of hydrogen-bond donors (Lipinski definition) is 1. The first-order valence-electron chi connectivity index (χ1n) is 10.9. The van der Waals surface area contributed by atoms with Crippen molar-refractivity contribution in [2.75, 3.05) is 16.8 Å². The van der Waals surface area contributed by atoms with Gasteiger partial charge < -0.3 is 15.0 Å². The van der Waals surface area contributed by atoms with Crippen molar-refractivity contribution in [3.8, 4) is 5.75 Å². The Hall–Kier alpha value is -2.70. The van der Waals surface area contributed by atoms with Gasteiger partial charge in [0, 0.05) is 30.3 Å². The number of anilines is 2. The van der Waals surface area contributed by atoms with E-state index in [1.54, 1.807) is 6.07 Å². The average molecular weight is 447 g/mol. The molecule has 1 heterocycles. The summed E-state index contributed by atoms with van der Waals surface area (Å²) in [5.74, 6) is 0.0263. The third-order valence-corrected chi connectivity index (χ3v) is 6.20. The van der Waals surface area contributed by atoms with Gasteiger partial charge in [0.1, 0.15) is 5.75 Å². The Labute approximate surface area is 186 Å². The highest BCUT2D eigenvalue weighted by molar-refractivity contribution is 5.93. The van der Waals surface area contributed by atoms with E-state index < -0.39 is 6.36 Å². The average Bonchev–Trinajstić information content (AvgIpc) is 3.21. The summed E-state index contributed by atoms with van der Waals surface area (Å²) in [5, 5.41) is 3.06. The molecule has 0 saturated carbocycles. The second kappa shape index (κ2) is 7.71. The van der Waals surface area contributed by atoms with Crippen molar-refractivity contribution in [2.24, 2.45) is 5.41 Å². The van der Waals surface area contributed by atoms with Gasteiger partial charge in [-0.2, -0.15) is 0 Å². The van der Waals surface area contributed by atoms with Gasteiger partial charge in [-0.3, -0.25) is 4.79 Å². The number of halogens is 3. The van der Waals surface area contributed by atoms with Gasteiger partial charge in [-0.05, 0) is 72.2 Å². The fraction of sp³-hybridized carbons (Fsp3) is 0.480. The Morgan fingerprint density at radius 3 is 2.34 bits per heavy atom. The maximum Gasteiger partial charge on any atom is 0.573 e. The highest BCUT2D eigenvalue weighted by atomic mass is 19.4. The number of ether oxygens (including phenoxy) is 1. The molecule has 2 bridgehead atoms. The molecule has 32 heavy (non-hydrogen) atoms. The molecule has 7 heteroatoms. The standard InChI is InChI=1S/C25H29F3N2O2/c1-14-8-17(9-15(2)23(14)29-22(31)12-24(3,4)5)30-13-16-10-21(30)19-7-6-18(11-20(16)19)32-25(26,27)28/h6-9,11,16,21H,10,12-13H2,1-5H3,(H,29,31)/t16-,21-/m0/s1. The van der Waals surface area contributed by atoms with E-state index in [0.29, 0.717) is 6.42 Å². The Morgan fingerprint density at radius 2 is 1.75 bits per heavy atom. The number of aryl methyl sites for hydroxylation is 2. The van der Waals surface area contributed by atoms with Crippen molar-refractivity contribution < 1.29 is 22.7 Å². The lowest BCUT2D eigenvalue weighted by molar-refractivity contribution is -0.274.